The van der Waals surface area contributed by atoms with Crippen LogP contribution in [-0.2, 0) is 6.54 Å². The summed E-state index contributed by atoms with van der Waals surface area (Å²) in [5.74, 6) is -0.00994. The number of nitrogens with zero attached hydrogens (tertiary/aromatic N) is 1. The van der Waals surface area contributed by atoms with Crippen LogP contribution >= 0.6 is 0 Å². The summed E-state index contributed by atoms with van der Waals surface area (Å²) in [6.45, 7) is 4.15. The zero-order valence-corrected chi connectivity index (χ0v) is 14.6. The Morgan fingerprint density at radius 1 is 1.08 bits per heavy atom. The van der Waals surface area contributed by atoms with Gasteiger partial charge < -0.3 is 15.1 Å². The number of aromatic nitrogens is 1. The molecule has 2 aromatic heterocycles. The first-order chi connectivity index (χ1) is 12.5. The highest BCUT2D eigenvalue weighted by molar-refractivity contribution is 6.05. The van der Waals surface area contributed by atoms with Gasteiger partial charge in [-0.25, -0.2) is 0 Å². The molecule has 132 valence electrons. The molecule has 0 unspecified atom stereocenters. The molecule has 0 fully saturated rings. The first-order valence-corrected chi connectivity index (χ1v) is 8.18. The van der Waals surface area contributed by atoms with Crippen molar-refractivity contribution in [1.82, 2.24) is 10.3 Å². The fourth-order valence-electron chi connectivity index (χ4n) is 2.44. The number of hydrogen-bond donors (Lipinski definition) is 2. The average molecular weight is 349 g/mol. The molecule has 0 atom stereocenters. The van der Waals surface area contributed by atoms with Gasteiger partial charge in [0.15, 0.2) is 0 Å². The van der Waals surface area contributed by atoms with Crippen molar-refractivity contribution in [3.8, 4) is 0 Å². The number of nitrogens with one attached hydrogen (secondary N) is 2. The lowest BCUT2D eigenvalue weighted by Gasteiger charge is -2.10. The number of aryl methyl sites for hydroxylation is 2. The summed E-state index contributed by atoms with van der Waals surface area (Å²) in [4.78, 5) is 28.8. The van der Waals surface area contributed by atoms with Crippen LogP contribution in [-0.4, -0.2) is 16.8 Å². The molecule has 6 heteroatoms. The molecule has 0 bridgehead atoms. The van der Waals surface area contributed by atoms with Crippen LogP contribution in [0.5, 0.6) is 0 Å². The predicted molar refractivity (Wildman–Crippen MR) is 98.0 cm³/mol. The first-order valence-electron chi connectivity index (χ1n) is 8.18. The van der Waals surface area contributed by atoms with E-state index in [2.05, 4.69) is 15.6 Å². The van der Waals surface area contributed by atoms with Crippen molar-refractivity contribution in [2.75, 3.05) is 5.32 Å². The molecule has 26 heavy (non-hydrogen) atoms. The van der Waals surface area contributed by atoms with Crippen LogP contribution in [0.4, 0.5) is 5.69 Å². The Bertz CT molecular complexity index is 933. The van der Waals surface area contributed by atoms with E-state index in [0.29, 0.717) is 11.3 Å². The number of benzene rings is 1. The van der Waals surface area contributed by atoms with E-state index in [4.69, 9.17) is 4.42 Å². The molecule has 0 spiro atoms. The molecule has 2 heterocycles. The Kier molecular flexibility index (Phi) is 5.12. The summed E-state index contributed by atoms with van der Waals surface area (Å²) in [6.07, 6.45) is 2.99. The second-order valence-corrected chi connectivity index (χ2v) is 5.96. The topological polar surface area (TPSA) is 84.2 Å². The third-order valence-corrected chi connectivity index (χ3v) is 3.90. The van der Waals surface area contributed by atoms with Crippen molar-refractivity contribution >= 4 is 17.5 Å². The molecule has 2 N–H and O–H groups in total. The standard InChI is InChI=1S/C20H19N3O3/c1-13-5-6-14(2)17(10-13)23-20(25)18-11-15(7-8-21-18)19(24)22-12-16-4-3-9-26-16/h3-11H,12H2,1-2H3,(H,22,24)(H,23,25). The number of rotatable bonds is 5. The van der Waals surface area contributed by atoms with E-state index in [1.807, 2.05) is 32.0 Å². The highest BCUT2D eigenvalue weighted by atomic mass is 16.3. The van der Waals surface area contributed by atoms with Gasteiger partial charge in [-0.15, -0.1) is 0 Å². The van der Waals surface area contributed by atoms with E-state index in [0.717, 1.165) is 16.8 Å². The van der Waals surface area contributed by atoms with Crippen LogP contribution in [0.15, 0.2) is 59.3 Å². The quantitative estimate of drug-likeness (QED) is 0.739. The first kappa shape index (κ1) is 17.4. The minimum atomic E-state index is -0.362. The predicted octanol–water partition coefficient (Wildman–Crippen LogP) is 3.47. The fourth-order valence-corrected chi connectivity index (χ4v) is 2.44. The van der Waals surface area contributed by atoms with Gasteiger partial charge in [0, 0.05) is 17.4 Å². The normalized spacial score (nSPS) is 10.4. The van der Waals surface area contributed by atoms with Gasteiger partial charge in [0.2, 0.25) is 0 Å². The molecule has 3 aromatic rings. The number of hydrogen-bond acceptors (Lipinski definition) is 4. The zero-order chi connectivity index (χ0) is 18.5. The van der Waals surface area contributed by atoms with Gasteiger partial charge in [-0.3, -0.25) is 14.6 Å². The molecule has 0 saturated carbocycles. The van der Waals surface area contributed by atoms with Crippen LogP contribution in [0.2, 0.25) is 0 Å². The number of furan rings is 1. The van der Waals surface area contributed by atoms with Crippen molar-refractivity contribution in [3.05, 3.63) is 83.1 Å². The van der Waals surface area contributed by atoms with Crippen molar-refractivity contribution < 1.29 is 14.0 Å². The summed E-state index contributed by atoms with van der Waals surface area (Å²) in [5.41, 5.74) is 3.26. The molecule has 2 amide bonds. The van der Waals surface area contributed by atoms with Gasteiger partial charge in [0.25, 0.3) is 11.8 Å². The smallest absolute Gasteiger partial charge is 0.274 e. The van der Waals surface area contributed by atoms with Crippen LogP contribution in [0.1, 0.15) is 37.7 Å². The molecular formula is C20H19N3O3. The summed E-state index contributed by atoms with van der Waals surface area (Å²) < 4.78 is 5.18. The molecule has 0 aliphatic heterocycles. The lowest BCUT2D eigenvalue weighted by molar-refractivity contribution is 0.0948. The van der Waals surface area contributed by atoms with Crippen LogP contribution in [0.3, 0.4) is 0 Å². The maximum atomic E-state index is 12.5. The Labute approximate surface area is 151 Å². The molecule has 0 aliphatic rings. The summed E-state index contributed by atoms with van der Waals surface area (Å²) in [7, 11) is 0. The SMILES string of the molecule is Cc1ccc(C)c(NC(=O)c2cc(C(=O)NCc3ccco3)ccn2)c1. The van der Waals surface area contributed by atoms with E-state index < -0.39 is 0 Å². The molecule has 6 nitrogen and oxygen atoms in total. The van der Waals surface area contributed by atoms with Crippen molar-refractivity contribution in [2.24, 2.45) is 0 Å². The summed E-state index contributed by atoms with van der Waals surface area (Å²) >= 11 is 0. The van der Waals surface area contributed by atoms with Gasteiger partial charge >= 0.3 is 0 Å². The van der Waals surface area contributed by atoms with Gasteiger partial charge in [-0.1, -0.05) is 12.1 Å². The number of anilines is 1. The third-order valence-electron chi connectivity index (χ3n) is 3.90. The Morgan fingerprint density at radius 3 is 2.69 bits per heavy atom. The summed E-state index contributed by atoms with van der Waals surface area (Å²) in [6, 6.07) is 12.4. The summed E-state index contributed by atoms with van der Waals surface area (Å²) in [5, 5.41) is 5.58. The van der Waals surface area contributed by atoms with E-state index >= 15 is 0 Å². The van der Waals surface area contributed by atoms with Crippen molar-refractivity contribution in [3.63, 3.8) is 0 Å². The maximum Gasteiger partial charge on any atom is 0.274 e. The lowest BCUT2D eigenvalue weighted by Crippen LogP contribution is -2.23. The average Bonchev–Trinajstić information content (AvgIpc) is 3.16. The molecule has 0 aliphatic carbocycles. The second kappa shape index (κ2) is 7.65. The maximum absolute atomic E-state index is 12.5. The number of carbonyl (C=O) groups is 2. The molecule has 3 rings (SSSR count). The fraction of sp³-hybridized carbons (Fsp3) is 0.150. The Balaban J connectivity index is 1.70. The van der Waals surface area contributed by atoms with E-state index in [1.165, 1.54) is 12.3 Å². The monoisotopic (exact) mass is 349 g/mol. The van der Waals surface area contributed by atoms with Gasteiger partial charge in [0.1, 0.15) is 11.5 Å². The molecule has 1 aromatic carbocycles. The Morgan fingerprint density at radius 2 is 1.92 bits per heavy atom. The molecule has 0 saturated heterocycles. The van der Waals surface area contributed by atoms with E-state index in [9.17, 15) is 9.59 Å². The van der Waals surface area contributed by atoms with Crippen molar-refractivity contribution in [1.29, 1.82) is 0 Å². The minimum Gasteiger partial charge on any atom is -0.467 e. The lowest BCUT2D eigenvalue weighted by atomic mass is 10.1. The van der Waals surface area contributed by atoms with Gasteiger partial charge in [-0.05, 0) is 55.3 Å². The molecule has 0 radical (unpaired) electrons. The third kappa shape index (κ3) is 4.16. The number of amides is 2. The number of carbonyl (C=O) groups excluding carboxylic acids is 2. The van der Waals surface area contributed by atoms with E-state index in [-0.39, 0.29) is 24.1 Å². The highest BCUT2D eigenvalue weighted by Gasteiger charge is 2.13. The van der Waals surface area contributed by atoms with Gasteiger partial charge in [0.05, 0.1) is 12.8 Å². The Hall–Kier alpha value is -3.41. The zero-order valence-electron chi connectivity index (χ0n) is 14.6. The van der Waals surface area contributed by atoms with Crippen molar-refractivity contribution in [2.45, 2.75) is 20.4 Å². The number of pyridine rings is 1. The van der Waals surface area contributed by atoms with Gasteiger partial charge in [-0.2, -0.15) is 0 Å². The highest BCUT2D eigenvalue weighted by Crippen LogP contribution is 2.17. The molecular weight excluding hydrogens is 330 g/mol. The van der Waals surface area contributed by atoms with Crippen LogP contribution < -0.4 is 10.6 Å². The minimum absolute atomic E-state index is 0.177. The second-order valence-electron chi connectivity index (χ2n) is 5.96. The van der Waals surface area contributed by atoms with Crippen LogP contribution in [0.25, 0.3) is 0 Å². The van der Waals surface area contributed by atoms with Crippen LogP contribution in [0, 0.1) is 13.8 Å². The van der Waals surface area contributed by atoms with E-state index in [1.54, 1.807) is 24.5 Å². The largest absolute Gasteiger partial charge is 0.467 e.